The summed E-state index contributed by atoms with van der Waals surface area (Å²) in [5.41, 5.74) is 7.32. The summed E-state index contributed by atoms with van der Waals surface area (Å²) in [7, 11) is 0. The van der Waals surface area contributed by atoms with Crippen LogP contribution in [0.4, 0.5) is 11.4 Å². The van der Waals surface area contributed by atoms with Gasteiger partial charge in [-0.15, -0.1) is 0 Å². The van der Waals surface area contributed by atoms with Crippen molar-refractivity contribution in [1.82, 2.24) is 9.97 Å². The van der Waals surface area contributed by atoms with E-state index in [1.54, 1.807) is 54.6 Å². The third-order valence-corrected chi connectivity index (χ3v) is 4.43. The van der Waals surface area contributed by atoms with Gasteiger partial charge in [0.15, 0.2) is 16.6 Å². The van der Waals surface area contributed by atoms with Crippen molar-refractivity contribution in [3.8, 4) is 6.07 Å². The zero-order valence-electron chi connectivity index (χ0n) is 16.1. The van der Waals surface area contributed by atoms with Gasteiger partial charge in [-0.05, 0) is 29.8 Å². The summed E-state index contributed by atoms with van der Waals surface area (Å²) in [5, 5.41) is 8.44. The van der Waals surface area contributed by atoms with Crippen molar-refractivity contribution in [2.75, 3.05) is 5.73 Å². The van der Waals surface area contributed by atoms with E-state index in [9.17, 15) is 4.79 Å². The van der Waals surface area contributed by atoms with Gasteiger partial charge < -0.3 is 5.73 Å². The molecule has 0 aliphatic heterocycles. The number of nitrogens with two attached hydrogens (primary N) is 1. The molecule has 0 fully saturated rings. The second kappa shape index (κ2) is 13.4. The minimum absolute atomic E-state index is 0.114. The predicted octanol–water partition coefficient (Wildman–Crippen LogP) is 6.87. The van der Waals surface area contributed by atoms with Crippen molar-refractivity contribution in [3.05, 3.63) is 91.7 Å². The number of hydrogen-bond donors (Lipinski definition) is 1. The van der Waals surface area contributed by atoms with Crippen molar-refractivity contribution in [3.63, 3.8) is 0 Å². The Labute approximate surface area is 200 Å². The van der Waals surface area contributed by atoms with Crippen molar-refractivity contribution in [1.29, 1.82) is 5.26 Å². The molecule has 0 atom stereocenters. The number of rotatable bonds is 3. The molecule has 10 heteroatoms. The van der Waals surface area contributed by atoms with E-state index in [-0.39, 0.29) is 27.7 Å². The molecule has 1 aromatic carbocycles. The molecular formula is C21H15Cl4N5O. The Hall–Kier alpha value is -2.87. The minimum atomic E-state index is -0.114. The number of carbonyl (C=O) groups excluding carboxylic acids is 1. The molecule has 0 aliphatic rings. The number of hydrogen-bond acceptors (Lipinski definition) is 5. The highest BCUT2D eigenvalue weighted by Gasteiger charge is 2.11. The first-order chi connectivity index (χ1) is 14.7. The number of nitrogen functional groups attached to an aromatic ring is 1. The zero-order chi connectivity index (χ0) is 23.4. The Morgan fingerprint density at radius 2 is 1.65 bits per heavy atom. The summed E-state index contributed by atoms with van der Waals surface area (Å²) in [4.78, 5) is 23.0. The fraction of sp³-hybridized carbons (Fsp3) is 0.0952. The summed E-state index contributed by atoms with van der Waals surface area (Å²) in [5.74, 6) is -0.114. The van der Waals surface area contributed by atoms with Crippen LogP contribution in [0.3, 0.4) is 0 Å². The second-order valence-electron chi connectivity index (χ2n) is 5.58. The van der Waals surface area contributed by atoms with Crippen LogP contribution in [0.15, 0.2) is 48.5 Å². The van der Waals surface area contributed by atoms with Gasteiger partial charge in [0.25, 0.3) is 0 Å². The molecule has 2 N–H and O–H groups in total. The zero-order valence-corrected chi connectivity index (χ0v) is 19.1. The lowest BCUT2D eigenvalue weighted by atomic mass is 10.0. The minimum Gasteiger partial charge on any atom is -0.396 e. The van der Waals surface area contributed by atoms with Crippen LogP contribution in [0.25, 0.3) is 4.85 Å². The van der Waals surface area contributed by atoms with Crippen LogP contribution < -0.4 is 5.73 Å². The van der Waals surface area contributed by atoms with Crippen molar-refractivity contribution in [2.24, 2.45) is 0 Å². The molecule has 2 heterocycles. The molecule has 2 aromatic heterocycles. The predicted molar refractivity (Wildman–Crippen MR) is 125 cm³/mol. The normalized spacial score (nSPS) is 9.13. The Morgan fingerprint density at radius 1 is 1.06 bits per heavy atom. The van der Waals surface area contributed by atoms with Crippen LogP contribution >= 0.6 is 46.4 Å². The molecule has 0 saturated heterocycles. The molecule has 3 rings (SSSR count). The SMILES string of the molecule is CC#N.Nc1ccc(Cl)nc1Cl.[C-]#[N+]c1cccc(C(=O)Cc2ccc(Cl)nc2Cl)c1. The van der Waals surface area contributed by atoms with E-state index in [1.165, 1.54) is 6.92 Å². The summed E-state index contributed by atoms with van der Waals surface area (Å²) in [6.07, 6.45) is 0.129. The van der Waals surface area contributed by atoms with Gasteiger partial charge >= 0.3 is 0 Å². The van der Waals surface area contributed by atoms with Gasteiger partial charge in [0.05, 0.1) is 18.3 Å². The Balaban J connectivity index is 0.000000333. The third-order valence-electron chi connectivity index (χ3n) is 3.38. The van der Waals surface area contributed by atoms with E-state index in [2.05, 4.69) is 14.8 Å². The number of anilines is 1. The number of nitriles is 1. The van der Waals surface area contributed by atoms with E-state index in [0.29, 0.717) is 27.7 Å². The van der Waals surface area contributed by atoms with Gasteiger partial charge in [0, 0.05) is 18.9 Å². The van der Waals surface area contributed by atoms with Gasteiger partial charge in [-0.25, -0.2) is 14.8 Å². The molecular weight excluding hydrogens is 480 g/mol. The number of ketones is 1. The van der Waals surface area contributed by atoms with Gasteiger partial charge in [-0.3, -0.25) is 4.79 Å². The summed E-state index contributed by atoms with van der Waals surface area (Å²) >= 11 is 22.6. The van der Waals surface area contributed by atoms with Crippen LogP contribution in [-0.4, -0.2) is 15.8 Å². The molecule has 31 heavy (non-hydrogen) atoms. The monoisotopic (exact) mass is 493 g/mol. The number of carbonyl (C=O) groups is 1. The summed E-state index contributed by atoms with van der Waals surface area (Å²) in [6.45, 7) is 8.36. The number of Topliss-reactive ketones (excluding diaryl/α,β-unsaturated/α-hetero) is 1. The third kappa shape index (κ3) is 9.21. The smallest absolute Gasteiger partial charge is 0.187 e. The molecule has 0 unspecified atom stereocenters. The number of halogens is 4. The molecule has 158 valence electrons. The maximum atomic E-state index is 12.1. The number of aromatic nitrogens is 2. The van der Waals surface area contributed by atoms with Crippen LogP contribution in [0, 0.1) is 17.9 Å². The summed E-state index contributed by atoms with van der Waals surface area (Å²) < 4.78 is 0. The van der Waals surface area contributed by atoms with E-state index in [4.69, 9.17) is 64.0 Å². The largest absolute Gasteiger partial charge is 0.396 e. The molecule has 0 radical (unpaired) electrons. The van der Waals surface area contributed by atoms with E-state index < -0.39 is 0 Å². The lowest BCUT2D eigenvalue weighted by Gasteiger charge is -2.04. The molecule has 0 saturated carbocycles. The van der Waals surface area contributed by atoms with Gasteiger partial charge in [-0.2, -0.15) is 5.26 Å². The van der Waals surface area contributed by atoms with Crippen LogP contribution in [0.2, 0.25) is 20.6 Å². The quantitative estimate of drug-likeness (QED) is 0.243. The fourth-order valence-electron chi connectivity index (χ4n) is 2.02. The molecule has 0 spiro atoms. The molecule has 0 bridgehead atoms. The Kier molecular flexibility index (Phi) is 11.3. The lowest BCUT2D eigenvalue weighted by Crippen LogP contribution is -2.04. The molecule has 0 amide bonds. The maximum Gasteiger partial charge on any atom is 0.187 e. The van der Waals surface area contributed by atoms with Crippen molar-refractivity contribution >= 4 is 63.6 Å². The maximum absolute atomic E-state index is 12.1. The van der Waals surface area contributed by atoms with Gasteiger partial charge in [0.1, 0.15) is 15.5 Å². The highest BCUT2D eigenvalue weighted by atomic mass is 35.5. The number of nitrogens with zero attached hydrogens (tertiary/aromatic N) is 4. The standard InChI is InChI=1S/C14H8Cl2N2O.C5H4Cl2N2.C2H3N/c1-17-11-4-2-3-9(7-11)12(19)8-10-5-6-13(15)18-14(10)16;6-4-2-1-3(8)5(7)9-4;1-2-3/h2-7H,8H2;1-2H,8H2;1H3. The lowest BCUT2D eigenvalue weighted by molar-refractivity contribution is 0.0993. The highest BCUT2D eigenvalue weighted by Crippen LogP contribution is 2.20. The highest BCUT2D eigenvalue weighted by molar-refractivity contribution is 6.34. The molecule has 3 aromatic rings. The second-order valence-corrected chi connectivity index (χ2v) is 7.07. The first kappa shape index (κ1) is 26.2. The van der Waals surface area contributed by atoms with Crippen molar-refractivity contribution in [2.45, 2.75) is 13.3 Å². The average molecular weight is 495 g/mol. The van der Waals surface area contributed by atoms with E-state index in [1.807, 2.05) is 0 Å². The number of benzene rings is 1. The van der Waals surface area contributed by atoms with E-state index in [0.717, 1.165) is 0 Å². The van der Waals surface area contributed by atoms with Crippen LogP contribution in [0.5, 0.6) is 0 Å². The first-order valence-corrected chi connectivity index (χ1v) is 9.93. The van der Waals surface area contributed by atoms with Crippen LogP contribution in [-0.2, 0) is 6.42 Å². The first-order valence-electron chi connectivity index (χ1n) is 8.41. The van der Waals surface area contributed by atoms with E-state index >= 15 is 0 Å². The average Bonchev–Trinajstić information content (AvgIpc) is 2.74. The topological polar surface area (TPSA) is 97.0 Å². The van der Waals surface area contributed by atoms with Crippen molar-refractivity contribution < 1.29 is 4.79 Å². The number of pyridine rings is 2. The molecule has 0 aliphatic carbocycles. The van der Waals surface area contributed by atoms with Gasteiger partial charge in [-0.1, -0.05) is 70.7 Å². The van der Waals surface area contributed by atoms with Crippen LogP contribution in [0.1, 0.15) is 22.8 Å². The summed E-state index contributed by atoms with van der Waals surface area (Å²) in [6, 6.07) is 14.8. The molecule has 6 nitrogen and oxygen atoms in total. The Morgan fingerprint density at radius 3 is 2.16 bits per heavy atom. The Bertz CT molecular complexity index is 1140. The van der Waals surface area contributed by atoms with Gasteiger partial charge in [0.2, 0.25) is 0 Å². The fourth-order valence-corrected chi connectivity index (χ4v) is 2.78.